The van der Waals surface area contributed by atoms with E-state index in [1.54, 1.807) is 4.90 Å². The third-order valence-electron chi connectivity index (χ3n) is 3.50. The van der Waals surface area contributed by atoms with Gasteiger partial charge >= 0.3 is 5.97 Å². The first-order valence-corrected chi connectivity index (χ1v) is 5.31. The Hall–Kier alpha value is -0.710. The summed E-state index contributed by atoms with van der Waals surface area (Å²) in [5.41, 5.74) is 0. The van der Waals surface area contributed by atoms with Gasteiger partial charge in [0.2, 0.25) is 0 Å². The van der Waals surface area contributed by atoms with Crippen LogP contribution in [0.3, 0.4) is 0 Å². The van der Waals surface area contributed by atoms with Gasteiger partial charge in [0.25, 0.3) is 5.92 Å². The highest BCUT2D eigenvalue weighted by atomic mass is 19.3. The van der Waals surface area contributed by atoms with Crippen LogP contribution < -0.4 is 0 Å². The van der Waals surface area contributed by atoms with Crippen molar-refractivity contribution in [2.24, 2.45) is 11.8 Å². The van der Waals surface area contributed by atoms with E-state index in [0.29, 0.717) is 13.0 Å². The molecule has 2 fully saturated rings. The largest absolute Gasteiger partial charge is 0.480 e. The van der Waals surface area contributed by atoms with Gasteiger partial charge in [-0.25, -0.2) is 8.78 Å². The summed E-state index contributed by atoms with van der Waals surface area (Å²) in [5, 5.41) is 8.61. The van der Waals surface area contributed by atoms with Crippen LogP contribution in [0.1, 0.15) is 19.3 Å². The average molecular weight is 219 g/mol. The van der Waals surface area contributed by atoms with Crippen molar-refractivity contribution in [1.82, 2.24) is 4.90 Å². The predicted octanol–water partition coefficient (Wildman–Crippen LogP) is 1.44. The van der Waals surface area contributed by atoms with Gasteiger partial charge in [-0.1, -0.05) is 0 Å². The molecule has 1 heterocycles. The highest BCUT2D eigenvalue weighted by Crippen LogP contribution is 2.45. The molecule has 0 radical (unpaired) electrons. The van der Waals surface area contributed by atoms with Gasteiger partial charge in [0.1, 0.15) is 0 Å². The standard InChI is InChI=1S/C10H15F2NO2/c11-10(12)3-1-2-7-4-13(5-8(7)10)6-9(14)15/h7-8H,1-6H2,(H,14,15)/t7-,8+/m1/s1. The number of alkyl halides is 2. The molecule has 86 valence electrons. The number of likely N-dealkylation sites (tertiary alicyclic amines) is 1. The Morgan fingerprint density at radius 2 is 2.20 bits per heavy atom. The zero-order chi connectivity index (χ0) is 11.1. The fourth-order valence-corrected chi connectivity index (χ4v) is 2.84. The summed E-state index contributed by atoms with van der Waals surface area (Å²) >= 11 is 0. The molecule has 1 saturated carbocycles. The summed E-state index contributed by atoms with van der Waals surface area (Å²) in [6, 6.07) is 0. The normalized spacial score (nSPS) is 35.1. The molecule has 1 saturated heterocycles. The maximum absolute atomic E-state index is 13.5. The first kappa shape index (κ1) is 10.8. The minimum absolute atomic E-state index is 0.00639. The van der Waals surface area contributed by atoms with Crippen molar-refractivity contribution >= 4 is 5.97 Å². The lowest BCUT2D eigenvalue weighted by Crippen LogP contribution is -2.37. The van der Waals surface area contributed by atoms with Gasteiger partial charge in [0.15, 0.2) is 0 Å². The molecule has 2 atom stereocenters. The molecule has 2 rings (SSSR count). The van der Waals surface area contributed by atoms with Crippen LogP contribution in [-0.4, -0.2) is 41.5 Å². The minimum Gasteiger partial charge on any atom is -0.480 e. The Morgan fingerprint density at radius 1 is 1.47 bits per heavy atom. The number of carbonyl (C=O) groups is 1. The molecular weight excluding hydrogens is 204 g/mol. The van der Waals surface area contributed by atoms with Crippen LogP contribution >= 0.6 is 0 Å². The van der Waals surface area contributed by atoms with E-state index in [2.05, 4.69) is 0 Å². The third-order valence-corrected chi connectivity index (χ3v) is 3.50. The molecular formula is C10H15F2NO2. The smallest absolute Gasteiger partial charge is 0.317 e. The van der Waals surface area contributed by atoms with E-state index in [4.69, 9.17) is 5.11 Å². The maximum Gasteiger partial charge on any atom is 0.317 e. The minimum atomic E-state index is -2.59. The van der Waals surface area contributed by atoms with E-state index in [1.807, 2.05) is 0 Å². The number of fused-ring (bicyclic) bond motifs is 1. The SMILES string of the molecule is O=C(O)CN1C[C@H]2CCCC(F)(F)[C@H]2C1. The Balaban J connectivity index is 2.01. The summed E-state index contributed by atoms with van der Waals surface area (Å²) in [6.07, 6.45) is 1.35. The summed E-state index contributed by atoms with van der Waals surface area (Å²) in [7, 11) is 0. The summed E-state index contributed by atoms with van der Waals surface area (Å²) in [6.45, 7) is 0.652. The Labute approximate surface area is 87.1 Å². The van der Waals surface area contributed by atoms with Gasteiger partial charge in [0.05, 0.1) is 6.54 Å². The van der Waals surface area contributed by atoms with Crippen LogP contribution in [0.4, 0.5) is 8.78 Å². The van der Waals surface area contributed by atoms with Crippen LogP contribution in [0.2, 0.25) is 0 Å². The molecule has 0 spiro atoms. The molecule has 0 aromatic heterocycles. The zero-order valence-corrected chi connectivity index (χ0v) is 8.46. The van der Waals surface area contributed by atoms with E-state index < -0.39 is 17.8 Å². The number of carboxylic acids is 1. The molecule has 0 bridgehead atoms. The van der Waals surface area contributed by atoms with E-state index in [0.717, 1.165) is 6.42 Å². The first-order chi connectivity index (χ1) is 6.99. The second-order valence-electron chi connectivity index (χ2n) is 4.61. The van der Waals surface area contributed by atoms with Gasteiger partial charge in [-0.05, 0) is 18.8 Å². The summed E-state index contributed by atoms with van der Waals surface area (Å²) < 4.78 is 27.0. The molecule has 5 heteroatoms. The van der Waals surface area contributed by atoms with Gasteiger partial charge in [-0.15, -0.1) is 0 Å². The number of hydrogen-bond acceptors (Lipinski definition) is 2. The lowest BCUT2D eigenvalue weighted by Gasteiger charge is -2.32. The van der Waals surface area contributed by atoms with Crippen LogP contribution in [0.5, 0.6) is 0 Å². The summed E-state index contributed by atoms with van der Waals surface area (Å²) in [5.74, 6) is -4.15. The number of rotatable bonds is 2. The first-order valence-electron chi connectivity index (χ1n) is 5.31. The topological polar surface area (TPSA) is 40.5 Å². The van der Waals surface area contributed by atoms with Gasteiger partial charge in [0, 0.05) is 25.4 Å². The lowest BCUT2D eigenvalue weighted by atomic mass is 9.79. The van der Waals surface area contributed by atoms with Crippen molar-refractivity contribution in [3.63, 3.8) is 0 Å². The molecule has 15 heavy (non-hydrogen) atoms. The quantitative estimate of drug-likeness (QED) is 0.764. The van der Waals surface area contributed by atoms with Crippen LogP contribution in [0.15, 0.2) is 0 Å². The number of halogens is 2. The van der Waals surface area contributed by atoms with E-state index in [-0.39, 0.29) is 25.4 Å². The van der Waals surface area contributed by atoms with E-state index in [1.165, 1.54) is 0 Å². The van der Waals surface area contributed by atoms with Crippen molar-refractivity contribution in [1.29, 1.82) is 0 Å². The lowest BCUT2D eigenvalue weighted by molar-refractivity contribution is -0.138. The molecule has 1 aliphatic carbocycles. The molecule has 0 amide bonds. The van der Waals surface area contributed by atoms with Crippen LogP contribution in [0.25, 0.3) is 0 Å². The molecule has 0 aromatic rings. The summed E-state index contributed by atoms with van der Waals surface area (Å²) in [4.78, 5) is 12.1. The van der Waals surface area contributed by atoms with Crippen molar-refractivity contribution in [2.75, 3.05) is 19.6 Å². The molecule has 0 aromatic carbocycles. The second-order valence-corrected chi connectivity index (χ2v) is 4.61. The van der Waals surface area contributed by atoms with Crippen molar-refractivity contribution in [3.8, 4) is 0 Å². The van der Waals surface area contributed by atoms with Gasteiger partial charge < -0.3 is 5.11 Å². The van der Waals surface area contributed by atoms with Gasteiger partial charge in [-0.3, -0.25) is 9.69 Å². The van der Waals surface area contributed by atoms with E-state index >= 15 is 0 Å². The molecule has 2 aliphatic rings. The number of hydrogen-bond donors (Lipinski definition) is 1. The number of carboxylic acid groups (broad SMARTS) is 1. The molecule has 1 N–H and O–H groups in total. The zero-order valence-electron chi connectivity index (χ0n) is 8.46. The monoisotopic (exact) mass is 219 g/mol. The third kappa shape index (κ3) is 2.12. The van der Waals surface area contributed by atoms with E-state index in [9.17, 15) is 13.6 Å². The van der Waals surface area contributed by atoms with Crippen molar-refractivity contribution in [3.05, 3.63) is 0 Å². The Kier molecular flexibility index (Phi) is 2.66. The van der Waals surface area contributed by atoms with Gasteiger partial charge in [-0.2, -0.15) is 0 Å². The second kappa shape index (κ2) is 3.70. The Bertz CT molecular complexity index is 270. The van der Waals surface area contributed by atoms with Crippen LogP contribution in [-0.2, 0) is 4.79 Å². The molecule has 3 nitrogen and oxygen atoms in total. The number of aliphatic carboxylic acids is 1. The number of nitrogens with zero attached hydrogens (tertiary/aromatic N) is 1. The molecule has 1 aliphatic heterocycles. The highest BCUT2D eigenvalue weighted by Gasteiger charge is 2.50. The average Bonchev–Trinajstić information content (AvgIpc) is 2.46. The van der Waals surface area contributed by atoms with Crippen molar-refractivity contribution in [2.45, 2.75) is 25.2 Å². The fourth-order valence-electron chi connectivity index (χ4n) is 2.84. The highest BCUT2D eigenvalue weighted by molar-refractivity contribution is 5.69. The maximum atomic E-state index is 13.5. The molecule has 0 unspecified atom stereocenters. The fraction of sp³-hybridized carbons (Fsp3) is 0.900. The van der Waals surface area contributed by atoms with Crippen LogP contribution in [0, 0.1) is 11.8 Å². The predicted molar refractivity (Wildman–Crippen MR) is 49.9 cm³/mol. The Morgan fingerprint density at radius 3 is 2.80 bits per heavy atom. The van der Waals surface area contributed by atoms with Crippen molar-refractivity contribution < 1.29 is 18.7 Å².